The van der Waals surface area contributed by atoms with Gasteiger partial charge in [0.2, 0.25) is 5.88 Å². The van der Waals surface area contributed by atoms with Crippen LogP contribution in [0, 0.1) is 12.7 Å². The minimum Gasteiger partial charge on any atom is -0.439 e. The lowest BCUT2D eigenvalue weighted by molar-refractivity contribution is 0.457. The molecule has 0 saturated heterocycles. The van der Waals surface area contributed by atoms with Crippen LogP contribution in [0.2, 0.25) is 5.02 Å². The van der Waals surface area contributed by atoms with Gasteiger partial charge in [0.25, 0.3) is 0 Å². The van der Waals surface area contributed by atoms with Crippen LogP contribution < -0.4 is 10.5 Å². The van der Waals surface area contributed by atoms with Crippen molar-refractivity contribution < 1.29 is 9.13 Å². The van der Waals surface area contributed by atoms with Crippen LogP contribution in [-0.4, -0.2) is 4.98 Å². The fraction of sp³-hybridized carbons (Fsp3) is 0.154. The van der Waals surface area contributed by atoms with Gasteiger partial charge in [0.05, 0.1) is 5.02 Å². The Morgan fingerprint density at radius 2 is 2.17 bits per heavy atom. The Morgan fingerprint density at radius 1 is 1.39 bits per heavy atom. The molecule has 2 aromatic rings. The maximum absolute atomic E-state index is 13.3. The van der Waals surface area contributed by atoms with Gasteiger partial charge in [-0.2, -0.15) is 0 Å². The van der Waals surface area contributed by atoms with Crippen LogP contribution in [0.1, 0.15) is 11.1 Å². The molecular formula is C13H12ClFN2O. The van der Waals surface area contributed by atoms with Gasteiger partial charge in [0.1, 0.15) is 11.6 Å². The molecule has 0 saturated carbocycles. The quantitative estimate of drug-likeness (QED) is 0.926. The SMILES string of the molecule is Cc1ccc(Oc2cc(CN)c(Cl)cn2)cc1F. The second kappa shape index (κ2) is 5.33. The van der Waals surface area contributed by atoms with Gasteiger partial charge in [0.15, 0.2) is 0 Å². The van der Waals surface area contributed by atoms with Crippen LogP contribution in [-0.2, 0) is 6.54 Å². The van der Waals surface area contributed by atoms with Crippen LogP contribution in [0.15, 0.2) is 30.5 Å². The number of pyridine rings is 1. The number of hydrogen-bond donors (Lipinski definition) is 1. The predicted molar refractivity (Wildman–Crippen MR) is 68.3 cm³/mol. The average molecular weight is 267 g/mol. The molecule has 0 fully saturated rings. The highest BCUT2D eigenvalue weighted by Crippen LogP contribution is 2.24. The van der Waals surface area contributed by atoms with E-state index in [2.05, 4.69) is 4.98 Å². The molecule has 0 radical (unpaired) electrons. The van der Waals surface area contributed by atoms with Gasteiger partial charge in [0, 0.05) is 24.9 Å². The Balaban J connectivity index is 2.25. The molecule has 1 heterocycles. The maximum atomic E-state index is 13.3. The number of aryl methyl sites for hydroxylation is 1. The molecule has 0 unspecified atom stereocenters. The second-order valence-electron chi connectivity index (χ2n) is 3.83. The number of nitrogens with zero attached hydrogens (tertiary/aromatic N) is 1. The van der Waals surface area contributed by atoms with Crippen molar-refractivity contribution in [2.75, 3.05) is 0 Å². The molecule has 0 aliphatic carbocycles. The van der Waals surface area contributed by atoms with Crippen molar-refractivity contribution in [3.8, 4) is 11.6 Å². The summed E-state index contributed by atoms with van der Waals surface area (Å²) in [4.78, 5) is 4.00. The third-order valence-electron chi connectivity index (χ3n) is 2.50. The first-order valence-corrected chi connectivity index (χ1v) is 5.76. The van der Waals surface area contributed by atoms with E-state index in [4.69, 9.17) is 22.1 Å². The third-order valence-corrected chi connectivity index (χ3v) is 2.84. The third kappa shape index (κ3) is 2.78. The van der Waals surface area contributed by atoms with Crippen LogP contribution in [0.25, 0.3) is 0 Å². The summed E-state index contributed by atoms with van der Waals surface area (Å²) < 4.78 is 18.8. The molecule has 2 rings (SSSR count). The van der Waals surface area contributed by atoms with Crippen LogP contribution in [0.4, 0.5) is 4.39 Å². The summed E-state index contributed by atoms with van der Waals surface area (Å²) in [6, 6.07) is 6.27. The molecule has 0 bridgehead atoms. The largest absolute Gasteiger partial charge is 0.439 e. The van der Waals surface area contributed by atoms with E-state index in [1.807, 2.05) is 0 Å². The van der Waals surface area contributed by atoms with Crippen LogP contribution in [0.5, 0.6) is 11.6 Å². The van der Waals surface area contributed by atoms with Crippen LogP contribution in [0.3, 0.4) is 0 Å². The molecule has 1 aromatic heterocycles. The molecule has 94 valence electrons. The Bertz CT molecular complexity index is 575. The van der Waals surface area contributed by atoms with E-state index < -0.39 is 0 Å². The molecule has 0 aliphatic heterocycles. The molecule has 1 aromatic carbocycles. The number of benzene rings is 1. The van der Waals surface area contributed by atoms with Crippen molar-refractivity contribution in [1.29, 1.82) is 0 Å². The van der Waals surface area contributed by atoms with Crippen molar-refractivity contribution in [2.24, 2.45) is 5.73 Å². The molecule has 5 heteroatoms. The van der Waals surface area contributed by atoms with Crippen molar-refractivity contribution in [1.82, 2.24) is 4.98 Å². The molecular weight excluding hydrogens is 255 g/mol. The van der Waals surface area contributed by atoms with Gasteiger partial charge in [-0.05, 0) is 24.1 Å². The summed E-state index contributed by atoms with van der Waals surface area (Å²) >= 11 is 5.89. The second-order valence-corrected chi connectivity index (χ2v) is 4.24. The first kappa shape index (κ1) is 12.8. The van der Waals surface area contributed by atoms with Gasteiger partial charge >= 0.3 is 0 Å². The highest BCUT2D eigenvalue weighted by molar-refractivity contribution is 6.31. The van der Waals surface area contributed by atoms with Crippen molar-refractivity contribution >= 4 is 11.6 Å². The summed E-state index contributed by atoms with van der Waals surface area (Å²) in [6.07, 6.45) is 1.46. The van der Waals surface area contributed by atoms with Crippen molar-refractivity contribution in [3.63, 3.8) is 0 Å². The number of ether oxygens (including phenoxy) is 1. The van der Waals surface area contributed by atoms with Crippen molar-refractivity contribution in [3.05, 3.63) is 52.4 Å². The van der Waals surface area contributed by atoms with E-state index >= 15 is 0 Å². The zero-order valence-electron chi connectivity index (χ0n) is 9.78. The predicted octanol–water partition coefficient (Wildman–Crippen LogP) is 3.43. The van der Waals surface area contributed by atoms with Gasteiger partial charge in [-0.3, -0.25) is 0 Å². The average Bonchev–Trinajstić information content (AvgIpc) is 2.36. The van der Waals surface area contributed by atoms with Crippen LogP contribution >= 0.6 is 11.6 Å². The summed E-state index contributed by atoms with van der Waals surface area (Å²) in [5, 5.41) is 0.486. The Labute approximate surface area is 109 Å². The number of hydrogen-bond acceptors (Lipinski definition) is 3. The van der Waals surface area contributed by atoms with E-state index in [0.717, 1.165) is 5.56 Å². The smallest absolute Gasteiger partial charge is 0.219 e. The zero-order chi connectivity index (χ0) is 13.1. The lowest BCUT2D eigenvalue weighted by Crippen LogP contribution is -1.99. The Hall–Kier alpha value is -1.65. The fourth-order valence-electron chi connectivity index (χ4n) is 1.43. The van der Waals surface area contributed by atoms with Gasteiger partial charge in [-0.15, -0.1) is 0 Å². The van der Waals surface area contributed by atoms with E-state index in [-0.39, 0.29) is 5.82 Å². The first-order valence-electron chi connectivity index (χ1n) is 5.38. The lowest BCUT2D eigenvalue weighted by atomic mass is 10.2. The summed E-state index contributed by atoms with van der Waals surface area (Å²) in [5.74, 6) is 0.402. The Morgan fingerprint density at radius 3 is 2.83 bits per heavy atom. The molecule has 0 atom stereocenters. The van der Waals surface area contributed by atoms with Gasteiger partial charge in [-0.25, -0.2) is 9.37 Å². The van der Waals surface area contributed by atoms with E-state index in [0.29, 0.717) is 28.8 Å². The summed E-state index contributed by atoms with van der Waals surface area (Å²) in [5.41, 5.74) is 6.82. The minimum atomic E-state index is -0.319. The maximum Gasteiger partial charge on any atom is 0.219 e. The van der Waals surface area contributed by atoms with E-state index in [9.17, 15) is 4.39 Å². The normalized spacial score (nSPS) is 10.4. The molecule has 0 amide bonds. The number of aromatic nitrogens is 1. The number of halogens is 2. The topological polar surface area (TPSA) is 48.1 Å². The van der Waals surface area contributed by atoms with Gasteiger partial charge < -0.3 is 10.5 Å². The van der Waals surface area contributed by atoms with E-state index in [1.165, 1.54) is 12.3 Å². The lowest BCUT2D eigenvalue weighted by Gasteiger charge is -2.07. The van der Waals surface area contributed by atoms with Crippen molar-refractivity contribution in [2.45, 2.75) is 13.5 Å². The number of nitrogens with two attached hydrogens (primary N) is 1. The van der Waals surface area contributed by atoms with E-state index in [1.54, 1.807) is 25.1 Å². The summed E-state index contributed by atoms with van der Waals surface area (Å²) in [6.45, 7) is 1.98. The molecule has 2 N–H and O–H groups in total. The standard InChI is InChI=1S/C13H12ClFN2O/c1-8-2-3-10(5-12(8)15)18-13-4-9(6-16)11(14)7-17-13/h2-5,7H,6,16H2,1H3. The highest BCUT2D eigenvalue weighted by atomic mass is 35.5. The molecule has 0 spiro atoms. The Kier molecular flexibility index (Phi) is 3.79. The fourth-order valence-corrected chi connectivity index (χ4v) is 1.61. The number of rotatable bonds is 3. The first-order chi connectivity index (χ1) is 8.60. The monoisotopic (exact) mass is 266 g/mol. The summed E-state index contributed by atoms with van der Waals surface area (Å²) in [7, 11) is 0. The highest BCUT2D eigenvalue weighted by Gasteiger charge is 2.05. The van der Waals surface area contributed by atoms with Gasteiger partial charge in [-0.1, -0.05) is 17.7 Å². The minimum absolute atomic E-state index is 0.292. The molecule has 18 heavy (non-hydrogen) atoms. The molecule has 0 aliphatic rings. The zero-order valence-corrected chi connectivity index (χ0v) is 10.5. The molecule has 3 nitrogen and oxygen atoms in total.